The minimum Gasteiger partial charge on any atom is -0.467 e. The molecule has 0 saturated carbocycles. The third-order valence-corrected chi connectivity index (χ3v) is 5.48. The predicted octanol–water partition coefficient (Wildman–Crippen LogP) is 3.98. The Labute approximate surface area is 154 Å². The number of hydrogen-bond acceptors (Lipinski definition) is 7. The number of carbonyl (C=O) groups excluding carboxylic acids is 1. The van der Waals surface area contributed by atoms with Gasteiger partial charge in [-0.25, -0.2) is 0 Å². The summed E-state index contributed by atoms with van der Waals surface area (Å²) in [5, 5.41) is 14.8. The van der Waals surface area contributed by atoms with Gasteiger partial charge in [0.05, 0.1) is 18.1 Å². The minimum atomic E-state index is -0.269. The van der Waals surface area contributed by atoms with Crippen LogP contribution in [0.4, 0.5) is 10.8 Å². The van der Waals surface area contributed by atoms with Crippen LogP contribution in [0.25, 0.3) is 0 Å². The zero-order chi connectivity index (χ0) is 17.6. The molecular formula is C17H18N4O2S2. The zero-order valence-electron chi connectivity index (χ0n) is 13.9. The number of thioether (sulfide) groups is 1. The van der Waals surface area contributed by atoms with E-state index in [9.17, 15) is 4.79 Å². The van der Waals surface area contributed by atoms with Gasteiger partial charge < -0.3 is 15.1 Å². The lowest BCUT2D eigenvalue weighted by atomic mass is 10.2. The predicted molar refractivity (Wildman–Crippen MR) is 100 cm³/mol. The second-order valence-corrected chi connectivity index (χ2v) is 7.94. The molecule has 0 fully saturated rings. The molecule has 0 bridgehead atoms. The standard InChI is InChI=1S/C17H18N4O2S2/c1-11-6-3-4-8-14(11)19-16-20-21-17(25-16)24-12(2)15(22)18-10-13-7-5-9-23-13/h3-9,12H,10H2,1-2H3,(H,18,22)(H,19,20)/t12-/m1/s1. The molecule has 6 nitrogen and oxygen atoms in total. The minimum absolute atomic E-state index is 0.0648. The number of para-hydroxylation sites is 1. The number of benzene rings is 1. The summed E-state index contributed by atoms with van der Waals surface area (Å²) in [6.07, 6.45) is 1.59. The van der Waals surface area contributed by atoms with E-state index in [0.717, 1.165) is 21.4 Å². The number of nitrogens with one attached hydrogen (secondary N) is 2. The fraction of sp³-hybridized carbons (Fsp3) is 0.235. The monoisotopic (exact) mass is 374 g/mol. The first-order valence-electron chi connectivity index (χ1n) is 7.75. The van der Waals surface area contributed by atoms with Gasteiger partial charge in [0, 0.05) is 5.69 Å². The Morgan fingerprint density at radius 3 is 2.88 bits per heavy atom. The summed E-state index contributed by atoms with van der Waals surface area (Å²) in [7, 11) is 0. The molecule has 8 heteroatoms. The molecule has 2 aromatic heterocycles. The molecule has 25 heavy (non-hydrogen) atoms. The van der Waals surface area contributed by atoms with Crippen molar-refractivity contribution in [3.05, 3.63) is 54.0 Å². The number of nitrogens with zero attached hydrogens (tertiary/aromatic N) is 2. The van der Waals surface area contributed by atoms with Crippen molar-refractivity contribution in [3.8, 4) is 0 Å². The molecule has 0 radical (unpaired) electrons. The highest BCUT2D eigenvalue weighted by atomic mass is 32.2. The van der Waals surface area contributed by atoms with E-state index in [1.807, 2.05) is 44.2 Å². The average Bonchev–Trinajstić information content (AvgIpc) is 3.27. The molecule has 1 amide bonds. The normalized spacial score (nSPS) is 11.9. The van der Waals surface area contributed by atoms with Gasteiger partial charge in [-0.1, -0.05) is 41.3 Å². The van der Waals surface area contributed by atoms with Crippen LogP contribution >= 0.6 is 23.1 Å². The maximum atomic E-state index is 12.2. The van der Waals surface area contributed by atoms with Gasteiger partial charge in [0.25, 0.3) is 0 Å². The van der Waals surface area contributed by atoms with Crippen molar-refractivity contribution >= 4 is 39.8 Å². The van der Waals surface area contributed by atoms with E-state index in [1.165, 1.54) is 23.1 Å². The molecule has 3 aromatic rings. The van der Waals surface area contributed by atoms with Crippen molar-refractivity contribution in [2.24, 2.45) is 0 Å². The van der Waals surface area contributed by atoms with Gasteiger partial charge in [-0.3, -0.25) is 4.79 Å². The molecule has 0 aliphatic rings. The quantitative estimate of drug-likeness (QED) is 0.609. The van der Waals surface area contributed by atoms with Crippen LogP contribution < -0.4 is 10.6 Å². The van der Waals surface area contributed by atoms with E-state index in [4.69, 9.17) is 4.42 Å². The molecule has 0 unspecified atom stereocenters. The van der Waals surface area contributed by atoms with E-state index >= 15 is 0 Å². The van der Waals surface area contributed by atoms with E-state index in [0.29, 0.717) is 11.7 Å². The Morgan fingerprint density at radius 1 is 1.28 bits per heavy atom. The van der Waals surface area contributed by atoms with Crippen LogP contribution in [-0.4, -0.2) is 21.4 Å². The third kappa shape index (κ3) is 4.83. The Bertz CT molecular complexity index is 833. The Kier molecular flexibility index (Phi) is 5.72. The first-order valence-corrected chi connectivity index (χ1v) is 9.44. The number of carbonyl (C=O) groups is 1. The average molecular weight is 374 g/mol. The summed E-state index contributed by atoms with van der Waals surface area (Å²) in [6.45, 7) is 4.26. The summed E-state index contributed by atoms with van der Waals surface area (Å²) >= 11 is 2.82. The van der Waals surface area contributed by atoms with Crippen molar-refractivity contribution in [2.45, 2.75) is 30.0 Å². The van der Waals surface area contributed by atoms with E-state index in [-0.39, 0.29) is 11.2 Å². The van der Waals surface area contributed by atoms with Crippen LogP contribution in [0, 0.1) is 6.92 Å². The number of aryl methyl sites for hydroxylation is 1. The fourth-order valence-electron chi connectivity index (χ4n) is 2.07. The van der Waals surface area contributed by atoms with Gasteiger partial charge in [-0.2, -0.15) is 0 Å². The molecule has 0 saturated heterocycles. The molecular weight excluding hydrogens is 356 g/mol. The van der Waals surface area contributed by atoms with E-state index < -0.39 is 0 Å². The number of anilines is 2. The summed E-state index contributed by atoms with van der Waals surface area (Å²) in [6, 6.07) is 11.6. The maximum Gasteiger partial charge on any atom is 0.233 e. The van der Waals surface area contributed by atoms with Crippen molar-refractivity contribution in [1.82, 2.24) is 15.5 Å². The summed E-state index contributed by atoms with van der Waals surface area (Å²) in [4.78, 5) is 12.2. The van der Waals surface area contributed by atoms with Crippen LogP contribution in [0.3, 0.4) is 0 Å². The zero-order valence-corrected chi connectivity index (χ0v) is 15.5. The molecule has 1 atom stereocenters. The largest absolute Gasteiger partial charge is 0.467 e. The van der Waals surface area contributed by atoms with Crippen LogP contribution in [0.1, 0.15) is 18.2 Å². The number of aromatic nitrogens is 2. The molecule has 2 heterocycles. The van der Waals surface area contributed by atoms with Gasteiger partial charge in [0.2, 0.25) is 11.0 Å². The molecule has 0 spiro atoms. The van der Waals surface area contributed by atoms with E-state index in [1.54, 1.807) is 12.3 Å². The summed E-state index contributed by atoms with van der Waals surface area (Å²) < 4.78 is 5.95. The van der Waals surface area contributed by atoms with Crippen molar-refractivity contribution in [3.63, 3.8) is 0 Å². The molecule has 3 rings (SSSR count). The summed E-state index contributed by atoms with van der Waals surface area (Å²) in [5.74, 6) is 0.663. The van der Waals surface area contributed by atoms with Gasteiger partial charge >= 0.3 is 0 Å². The highest BCUT2D eigenvalue weighted by Crippen LogP contribution is 2.31. The third-order valence-electron chi connectivity index (χ3n) is 3.46. The van der Waals surface area contributed by atoms with Crippen LogP contribution in [0.5, 0.6) is 0 Å². The smallest absolute Gasteiger partial charge is 0.233 e. The first-order chi connectivity index (χ1) is 12.1. The van der Waals surface area contributed by atoms with Gasteiger partial charge in [0.1, 0.15) is 5.76 Å². The molecule has 2 N–H and O–H groups in total. The first kappa shape index (κ1) is 17.5. The lowest BCUT2D eigenvalue weighted by Crippen LogP contribution is -2.30. The number of rotatable bonds is 7. The Hall–Kier alpha value is -2.32. The van der Waals surface area contributed by atoms with Crippen molar-refractivity contribution in [1.29, 1.82) is 0 Å². The molecule has 1 aromatic carbocycles. The second kappa shape index (κ2) is 8.17. The maximum absolute atomic E-state index is 12.2. The molecule has 130 valence electrons. The lowest BCUT2D eigenvalue weighted by molar-refractivity contribution is -0.120. The van der Waals surface area contributed by atoms with Crippen molar-refractivity contribution < 1.29 is 9.21 Å². The fourth-order valence-corrected chi connectivity index (χ4v) is 4.00. The highest BCUT2D eigenvalue weighted by molar-refractivity contribution is 8.02. The number of hydrogen-bond donors (Lipinski definition) is 2. The highest BCUT2D eigenvalue weighted by Gasteiger charge is 2.17. The van der Waals surface area contributed by atoms with Gasteiger partial charge in [-0.05, 0) is 37.6 Å². The van der Waals surface area contributed by atoms with Gasteiger partial charge in [-0.15, -0.1) is 10.2 Å². The number of furan rings is 1. The van der Waals surface area contributed by atoms with Crippen LogP contribution in [-0.2, 0) is 11.3 Å². The molecule has 0 aliphatic heterocycles. The van der Waals surface area contributed by atoms with Crippen LogP contribution in [0.2, 0.25) is 0 Å². The van der Waals surface area contributed by atoms with Crippen molar-refractivity contribution in [2.75, 3.05) is 5.32 Å². The Balaban J connectivity index is 1.53. The topological polar surface area (TPSA) is 80.0 Å². The summed E-state index contributed by atoms with van der Waals surface area (Å²) in [5.41, 5.74) is 2.14. The van der Waals surface area contributed by atoms with Gasteiger partial charge in [0.15, 0.2) is 4.34 Å². The number of amides is 1. The second-order valence-electron chi connectivity index (χ2n) is 5.37. The van der Waals surface area contributed by atoms with E-state index in [2.05, 4.69) is 20.8 Å². The lowest BCUT2D eigenvalue weighted by Gasteiger charge is -2.09. The SMILES string of the molecule is Cc1ccccc1Nc1nnc(S[C@H](C)C(=O)NCc2ccco2)s1. The molecule has 0 aliphatic carbocycles. The Morgan fingerprint density at radius 2 is 2.12 bits per heavy atom. The van der Waals surface area contributed by atoms with Crippen LogP contribution in [0.15, 0.2) is 51.4 Å².